The monoisotopic (exact) mass is 203 g/mol. The highest BCUT2D eigenvalue weighted by molar-refractivity contribution is 7.81. The lowest BCUT2D eigenvalue weighted by molar-refractivity contribution is -0.130. The number of ether oxygens (including phenoxy) is 1. The van der Waals surface area contributed by atoms with Crippen molar-refractivity contribution in [2.75, 3.05) is 7.05 Å². The molecule has 13 heavy (non-hydrogen) atoms. The average molecular weight is 203 g/mol. The fourth-order valence-electron chi connectivity index (χ4n) is 1.62. The summed E-state index contributed by atoms with van der Waals surface area (Å²) in [5.74, 6) is -0.213. The Balaban J connectivity index is 2.64. The summed E-state index contributed by atoms with van der Waals surface area (Å²) in [7, 11) is 1.63. The Morgan fingerprint density at radius 2 is 2.38 bits per heavy atom. The van der Waals surface area contributed by atoms with E-state index in [0.717, 1.165) is 12.8 Å². The van der Waals surface area contributed by atoms with Gasteiger partial charge in [0.15, 0.2) is 0 Å². The highest BCUT2D eigenvalue weighted by atomic mass is 32.1. The van der Waals surface area contributed by atoms with Crippen molar-refractivity contribution in [2.45, 2.75) is 37.7 Å². The van der Waals surface area contributed by atoms with Gasteiger partial charge in [-0.15, -0.1) is 12.6 Å². The third-order valence-electron chi connectivity index (χ3n) is 2.63. The molecular weight excluding hydrogens is 186 g/mol. The second-order valence-electron chi connectivity index (χ2n) is 3.65. The Hall–Kier alpha value is -0.220. The molecule has 4 heteroatoms. The van der Waals surface area contributed by atoms with Gasteiger partial charge in [-0.05, 0) is 26.7 Å². The lowest BCUT2D eigenvalue weighted by Crippen LogP contribution is -2.40. The summed E-state index contributed by atoms with van der Waals surface area (Å²) in [6.07, 6.45) is 2.03. The summed E-state index contributed by atoms with van der Waals surface area (Å²) >= 11 is 4.45. The van der Waals surface area contributed by atoms with E-state index >= 15 is 0 Å². The molecule has 1 aliphatic rings. The lowest BCUT2D eigenvalue weighted by atomic mass is 10.00. The number of carbonyl (C=O) groups is 1. The molecule has 0 radical (unpaired) electrons. The second-order valence-corrected chi connectivity index (χ2v) is 4.40. The third-order valence-corrected chi connectivity index (χ3v) is 3.35. The van der Waals surface area contributed by atoms with E-state index in [1.165, 1.54) is 0 Å². The van der Waals surface area contributed by atoms with Crippen molar-refractivity contribution in [1.29, 1.82) is 0 Å². The van der Waals surface area contributed by atoms with E-state index in [9.17, 15) is 4.79 Å². The van der Waals surface area contributed by atoms with E-state index in [0.29, 0.717) is 0 Å². The molecule has 1 amide bonds. The minimum Gasteiger partial charge on any atom is -0.361 e. The summed E-state index contributed by atoms with van der Waals surface area (Å²) in [5, 5.41) is 2.61. The van der Waals surface area contributed by atoms with E-state index in [-0.39, 0.29) is 17.9 Å². The number of thiol groups is 1. The van der Waals surface area contributed by atoms with E-state index in [4.69, 9.17) is 4.74 Å². The van der Waals surface area contributed by atoms with Crippen molar-refractivity contribution in [3.05, 3.63) is 0 Å². The highest BCUT2D eigenvalue weighted by Gasteiger charge is 2.42. The molecule has 0 aromatic heterocycles. The number of nitrogens with one attached hydrogen (secondary N) is 1. The molecule has 1 heterocycles. The zero-order valence-electron chi connectivity index (χ0n) is 8.33. The molecule has 1 rings (SSSR count). The van der Waals surface area contributed by atoms with Gasteiger partial charge in [0, 0.05) is 7.05 Å². The van der Waals surface area contributed by atoms with Gasteiger partial charge in [-0.1, -0.05) is 0 Å². The Labute approximate surface area is 84.6 Å². The van der Waals surface area contributed by atoms with Crippen molar-refractivity contribution < 1.29 is 9.53 Å². The van der Waals surface area contributed by atoms with Crippen LogP contribution in [0, 0.1) is 5.92 Å². The van der Waals surface area contributed by atoms with Crippen LogP contribution in [0.25, 0.3) is 0 Å². The van der Waals surface area contributed by atoms with Crippen molar-refractivity contribution in [3.8, 4) is 0 Å². The Morgan fingerprint density at radius 3 is 2.77 bits per heavy atom. The van der Waals surface area contributed by atoms with Crippen molar-refractivity contribution >= 4 is 18.5 Å². The van der Waals surface area contributed by atoms with Crippen LogP contribution in [-0.2, 0) is 9.53 Å². The van der Waals surface area contributed by atoms with Crippen LogP contribution in [0.15, 0.2) is 0 Å². The molecule has 0 bridgehead atoms. The van der Waals surface area contributed by atoms with Gasteiger partial charge in [0.05, 0.1) is 12.0 Å². The minimum atomic E-state index is -0.570. The molecule has 76 valence electrons. The Morgan fingerprint density at radius 1 is 1.77 bits per heavy atom. The van der Waals surface area contributed by atoms with Crippen molar-refractivity contribution in [2.24, 2.45) is 5.92 Å². The summed E-state index contributed by atoms with van der Waals surface area (Å²) in [4.78, 5) is 10.8. The van der Waals surface area contributed by atoms with E-state index in [1.54, 1.807) is 7.05 Å². The number of carbonyl (C=O) groups excluding carboxylic acids is 1. The normalized spacial score (nSPS) is 35.8. The molecule has 0 spiro atoms. The smallest absolute Gasteiger partial charge is 0.226 e. The largest absolute Gasteiger partial charge is 0.361 e. The predicted molar refractivity (Wildman–Crippen MR) is 54.7 cm³/mol. The molecule has 1 aliphatic heterocycles. The molecule has 0 saturated carbocycles. The molecule has 0 aliphatic carbocycles. The average Bonchev–Trinajstić information content (AvgIpc) is 2.45. The minimum absolute atomic E-state index is 0.0101. The maximum Gasteiger partial charge on any atom is 0.226 e. The highest BCUT2D eigenvalue weighted by Crippen LogP contribution is 2.39. The summed E-state index contributed by atoms with van der Waals surface area (Å²) in [6.45, 7) is 3.86. The van der Waals surface area contributed by atoms with Crippen LogP contribution in [0.4, 0.5) is 0 Å². The van der Waals surface area contributed by atoms with E-state index < -0.39 is 4.93 Å². The number of amides is 1. The van der Waals surface area contributed by atoms with Gasteiger partial charge < -0.3 is 10.1 Å². The molecule has 3 atom stereocenters. The van der Waals surface area contributed by atoms with Gasteiger partial charge in [-0.3, -0.25) is 4.79 Å². The number of hydrogen-bond donors (Lipinski definition) is 2. The van der Waals surface area contributed by atoms with Gasteiger partial charge in [0.2, 0.25) is 5.91 Å². The molecule has 0 aromatic carbocycles. The zero-order chi connectivity index (χ0) is 10.1. The number of hydrogen-bond acceptors (Lipinski definition) is 3. The fraction of sp³-hybridized carbons (Fsp3) is 0.889. The first kappa shape index (κ1) is 10.9. The van der Waals surface area contributed by atoms with E-state index in [1.807, 2.05) is 13.8 Å². The van der Waals surface area contributed by atoms with Gasteiger partial charge in [-0.25, -0.2) is 0 Å². The maximum atomic E-state index is 11.4. The molecule has 0 aromatic rings. The van der Waals surface area contributed by atoms with Crippen LogP contribution < -0.4 is 5.32 Å². The van der Waals surface area contributed by atoms with Gasteiger partial charge in [0.1, 0.15) is 4.93 Å². The zero-order valence-corrected chi connectivity index (χ0v) is 9.23. The first-order valence-electron chi connectivity index (χ1n) is 4.61. The van der Waals surface area contributed by atoms with E-state index in [2.05, 4.69) is 17.9 Å². The maximum absolute atomic E-state index is 11.4. The standard InChI is InChI=1S/C9H17NO2S/c1-6-4-5-9(13,12-6)7(2)8(11)10-3/h6-7,13H,4-5H2,1-3H3,(H,10,11)/t6-,7+,9+/m0/s1. The van der Waals surface area contributed by atoms with Gasteiger partial charge in [-0.2, -0.15) is 0 Å². The fourth-order valence-corrected chi connectivity index (χ4v) is 2.04. The van der Waals surface area contributed by atoms with Crippen LogP contribution in [0.1, 0.15) is 26.7 Å². The topological polar surface area (TPSA) is 38.3 Å². The quantitative estimate of drug-likeness (QED) is 0.662. The lowest BCUT2D eigenvalue weighted by Gasteiger charge is -2.28. The molecule has 1 saturated heterocycles. The van der Waals surface area contributed by atoms with Crippen LogP contribution >= 0.6 is 12.6 Å². The predicted octanol–water partition coefficient (Wildman–Crippen LogP) is 1.19. The van der Waals surface area contributed by atoms with Crippen molar-refractivity contribution in [3.63, 3.8) is 0 Å². The molecule has 1 N–H and O–H groups in total. The van der Waals surface area contributed by atoms with Crippen LogP contribution in [0.5, 0.6) is 0 Å². The first-order valence-corrected chi connectivity index (χ1v) is 5.06. The molecule has 0 unspecified atom stereocenters. The van der Waals surface area contributed by atoms with Gasteiger partial charge >= 0.3 is 0 Å². The molecule has 1 fully saturated rings. The van der Waals surface area contributed by atoms with Crippen LogP contribution in [0.2, 0.25) is 0 Å². The third kappa shape index (κ3) is 2.17. The second kappa shape index (κ2) is 3.88. The molecular formula is C9H17NO2S. The van der Waals surface area contributed by atoms with Crippen LogP contribution in [0.3, 0.4) is 0 Å². The molecule has 3 nitrogen and oxygen atoms in total. The number of rotatable bonds is 2. The first-order chi connectivity index (χ1) is 5.99. The van der Waals surface area contributed by atoms with Crippen molar-refractivity contribution in [1.82, 2.24) is 5.32 Å². The Kier molecular flexibility index (Phi) is 3.24. The van der Waals surface area contributed by atoms with Gasteiger partial charge in [0.25, 0.3) is 0 Å². The van der Waals surface area contributed by atoms with Crippen LogP contribution in [-0.4, -0.2) is 24.0 Å². The summed E-state index contributed by atoms with van der Waals surface area (Å²) < 4.78 is 5.64. The SMILES string of the molecule is CNC(=O)[C@@H](C)[C@]1(S)CC[C@H](C)O1. The Bertz CT molecular complexity index is 210. The summed E-state index contributed by atoms with van der Waals surface area (Å²) in [6, 6.07) is 0. The summed E-state index contributed by atoms with van der Waals surface area (Å²) in [5.41, 5.74) is 0.